The Kier molecular flexibility index (Phi) is 3.64. The Hall–Kier alpha value is -1.96. The van der Waals surface area contributed by atoms with E-state index in [0.29, 0.717) is 6.42 Å². The summed E-state index contributed by atoms with van der Waals surface area (Å²) in [4.78, 5) is 29.0. The fraction of sp³-hybridized carbons (Fsp3) is 0.500. The zero-order valence-electron chi connectivity index (χ0n) is 11.8. The molecule has 2 aliphatic rings. The Labute approximate surface area is 127 Å². The summed E-state index contributed by atoms with van der Waals surface area (Å²) in [6.07, 6.45) is 3.45. The lowest BCUT2D eigenvalue weighted by Gasteiger charge is -2.28. The highest BCUT2D eigenvalue weighted by Crippen LogP contribution is 2.33. The molecular weight excluding hydrogens is 308 g/mol. The van der Waals surface area contributed by atoms with Gasteiger partial charge >= 0.3 is 5.97 Å². The third kappa shape index (κ3) is 2.96. The van der Waals surface area contributed by atoms with Crippen molar-refractivity contribution in [1.29, 1.82) is 0 Å². The Morgan fingerprint density at radius 3 is 2.50 bits per heavy atom. The van der Waals surface area contributed by atoms with E-state index >= 15 is 0 Å². The van der Waals surface area contributed by atoms with E-state index in [-0.39, 0.29) is 40.8 Å². The minimum atomic E-state index is -3.08. The van der Waals surface area contributed by atoms with Crippen molar-refractivity contribution in [2.45, 2.75) is 31.3 Å². The van der Waals surface area contributed by atoms with Gasteiger partial charge in [0.15, 0.2) is 9.84 Å². The van der Waals surface area contributed by atoms with E-state index in [1.54, 1.807) is 4.90 Å². The molecule has 118 valence electrons. The van der Waals surface area contributed by atoms with Crippen LogP contribution in [0.4, 0.5) is 0 Å². The smallest absolute Gasteiger partial charge is 0.354 e. The van der Waals surface area contributed by atoms with Crippen molar-refractivity contribution in [3.8, 4) is 0 Å². The number of aromatic carboxylic acids is 1. The van der Waals surface area contributed by atoms with Crippen LogP contribution in [0.2, 0.25) is 0 Å². The topological polar surface area (TPSA) is 105 Å². The summed E-state index contributed by atoms with van der Waals surface area (Å²) in [5.74, 6) is -1.41. The SMILES string of the molecule is O=C(O)c1cc(C(=O)N(C2CC2)C2CCS(=O)(=O)C2)ccn1. The summed E-state index contributed by atoms with van der Waals surface area (Å²) in [6.45, 7) is 0. The quantitative estimate of drug-likeness (QED) is 0.868. The second kappa shape index (κ2) is 5.35. The van der Waals surface area contributed by atoms with Gasteiger partial charge in [-0.05, 0) is 31.4 Å². The predicted octanol–water partition coefficient (Wildman–Crippen LogP) is 0.571. The monoisotopic (exact) mass is 324 g/mol. The highest BCUT2D eigenvalue weighted by atomic mass is 32.2. The van der Waals surface area contributed by atoms with Gasteiger partial charge < -0.3 is 10.0 Å². The molecular formula is C14H16N2O5S. The van der Waals surface area contributed by atoms with Gasteiger partial charge in [-0.1, -0.05) is 0 Å². The Morgan fingerprint density at radius 1 is 1.23 bits per heavy atom. The predicted molar refractivity (Wildman–Crippen MR) is 77.4 cm³/mol. The minimum absolute atomic E-state index is 0.00783. The van der Waals surface area contributed by atoms with Crippen molar-refractivity contribution in [3.05, 3.63) is 29.6 Å². The zero-order chi connectivity index (χ0) is 15.9. The van der Waals surface area contributed by atoms with E-state index in [2.05, 4.69) is 4.98 Å². The van der Waals surface area contributed by atoms with Gasteiger partial charge in [-0.15, -0.1) is 0 Å². The summed E-state index contributed by atoms with van der Waals surface area (Å²) >= 11 is 0. The number of nitrogens with zero attached hydrogens (tertiary/aromatic N) is 2. The fourth-order valence-electron chi connectivity index (χ4n) is 2.81. The number of pyridine rings is 1. The first-order chi connectivity index (χ1) is 10.4. The highest BCUT2D eigenvalue weighted by Gasteiger charge is 2.42. The molecule has 1 saturated carbocycles. The molecule has 1 N–H and O–H groups in total. The molecule has 7 nitrogen and oxygen atoms in total. The molecule has 1 aliphatic carbocycles. The number of hydrogen-bond acceptors (Lipinski definition) is 5. The van der Waals surface area contributed by atoms with Crippen LogP contribution in [-0.4, -0.2) is 58.9 Å². The Balaban J connectivity index is 1.87. The van der Waals surface area contributed by atoms with E-state index in [0.717, 1.165) is 12.8 Å². The van der Waals surface area contributed by atoms with Crippen molar-refractivity contribution in [3.63, 3.8) is 0 Å². The van der Waals surface area contributed by atoms with Crippen molar-refractivity contribution in [1.82, 2.24) is 9.88 Å². The number of rotatable bonds is 4. The first-order valence-electron chi connectivity index (χ1n) is 7.10. The lowest BCUT2D eigenvalue weighted by molar-refractivity contribution is 0.0680. The van der Waals surface area contributed by atoms with Gasteiger partial charge in [-0.25, -0.2) is 18.2 Å². The number of carbonyl (C=O) groups is 2. The van der Waals surface area contributed by atoms with Crippen LogP contribution in [0.1, 0.15) is 40.1 Å². The molecule has 1 aromatic rings. The van der Waals surface area contributed by atoms with E-state index in [4.69, 9.17) is 5.11 Å². The second-order valence-electron chi connectivity index (χ2n) is 5.74. The molecule has 0 aromatic carbocycles. The number of amides is 1. The van der Waals surface area contributed by atoms with E-state index in [1.807, 2.05) is 0 Å². The lowest BCUT2D eigenvalue weighted by atomic mass is 10.1. The van der Waals surface area contributed by atoms with Crippen LogP contribution in [0.25, 0.3) is 0 Å². The maximum absolute atomic E-state index is 12.7. The van der Waals surface area contributed by atoms with Crippen LogP contribution in [0.3, 0.4) is 0 Å². The van der Waals surface area contributed by atoms with Crippen LogP contribution in [0.15, 0.2) is 18.3 Å². The maximum atomic E-state index is 12.7. The zero-order valence-corrected chi connectivity index (χ0v) is 12.6. The van der Waals surface area contributed by atoms with Gasteiger partial charge in [0.2, 0.25) is 0 Å². The summed E-state index contributed by atoms with van der Waals surface area (Å²) in [5.41, 5.74) is 0.0456. The molecule has 0 radical (unpaired) electrons. The third-order valence-electron chi connectivity index (χ3n) is 4.00. The van der Waals surface area contributed by atoms with Gasteiger partial charge in [0.25, 0.3) is 5.91 Å². The summed E-state index contributed by atoms with van der Waals surface area (Å²) < 4.78 is 23.3. The minimum Gasteiger partial charge on any atom is -0.477 e. The number of carboxylic acid groups (broad SMARTS) is 1. The van der Waals surface area contributed by atoms with Crippen molar-refractivity contribution < 1.29 is 23.1 Å². The number of hydrogen-bond donors (Lipinski definition) is 1. The molecule has 1 aromatic heterocycles. The molecule has 0 bridgehead atoms. The van der Waals surface area contributed by atoms with Gasteiger partial charge in [-0.2, -0.15) is 0 Å². The molecule has 2 heterocycles. The van der Waals surface area contributed by atoms with Crippen LogP contribution in [0, 0.1) is 0 Å². The molecule has 1 atom stereocenters. The van der Waals surface area contributed by atoms with Crippen LogP contribution in [0.5, 0.6) is 0 Å². The summed E-state index contributed by atoms with van der Waals surface area (Å²) in [5, 5.41) is 8.96. The van der Waals surface area contributed by atoms with Crippen LogP contribution in [-0.2, 0) is 9.84 Å². The van der Waals surface area contributed by atoms with Gasteiger partial charge in [0.05, 0.1) is 11.5 Å². The average Bonchev–Trinajstić information content (AvgIpc) is 3.23. The molecule has 1 amide bonds. The molecule has 0 spiro atoms. The van der Waals surface area contributed by atoms with Crippen LogP contribution < -0.4 is 0 Å². The first kappa shape index (κ1) is 15.0. The van der Waals surface area contributed by atoms with Crippen molar-refractivity contribution in [2.75, 3.05) is 11.5 Å². The number of sulfone groups is 1. The maximum Gasteiger partial charge on any atom is 0.354 e. The molecule has 8 heteroatoms. The van der Waals surface area contributed by atoms with Gasteiger partial charge in [0, 0.05) is 23.8 Å². The lowest BCUT2D eigenvalue weighted by Crippen LogP contribution is -2.42. The Morgan fingerprint density at radius 2 is 1.95 bits per heavy atom. The van der Waals surface area contributed by atoms with E-state index in [9.17, 15) is 18.0 Å². The molecule has 2 fully saturated rings. The van der Waals surface area contributed by atoms with E-state index < -0.39 is 15.8 Å². The van der Waals surface area contributed by atoms with Crippen LogP contribution >= 0.6 is 0 Å². The average molecular weight is 324 g/mol. The summed E-state index contributed by atoms with van der Waals surface area (Å²) in [7, 11) is -3.08. The largest absolute Gasteiger partial charge is 0.477 e. The number of aromatic nitrogens is 1. The van der Waals surface area contributed by atoms with Crippen molar-refractivity contribution >= 4 is 21.7 Å². The Bertz CT molecular complexity index is 727. The third-order valence-corrected chi connectivity index (χ3v) is 5.75. The molecule has 3 rings (SSSR count). The standard InChI is InChI=1S/C14H16N2O5S/c17-13(9-3-5-15-12(7-9)14(18)19)16(10-1-2-10)11-4-6-22(20,21)8-11/h3,5,7,10-11H,1-2,4,6,8H2,(H,18,19). The normalized spacial score (nSPS) is 23.2. The van der Waals surface area contributed by atoms with Crippen molar-refractivity contribution in [2.24, 2.45) is 0 Å². The number of carboxylic acids is 1. The van der Waals surface area contributed by atoms with Gasteiger partial charge in [0.1, 0.15) is 5.69 Å². The fourth-order valence-corrected chi connectivity index (χ4v) is 4.52. The summed E-state index contributed by atoms with van der Waals surface area (Å²) in [6, 6.07) is 2.45. The second-order valence-corrected chi connectivity index (χ2v) is 7.96. The highest BCUT2D eigenvalue weighted by molar-refractivity contribution is 7.91. The molecule has 1 saturated heterocycles. The van der Waals surface area contributed by atoms with Gasteiger partial charge in [-0.3, -0.25) is 4.79 Å². The molecule has 1 aliphatic heterocycles. The van der Waals surface area contributed by atoms with E-state index in [1.165, 1.54) is 18.3 Å². The molecule has 1 unspecified atom stereocenters. The molecule has 22 heavy (non-hydrogen) atoms. The number of carbonyl (C=O) groups excluding carboxylic acids is 1. The first-order valence-corrected chi connectivity index (χ1v) is 8.92.